The van der Waals surface area contributed by atoms with Crippen LogP contribution in [0.3, 0.4) is 0 Å². The molecule has 0 aromatic heterocycles. The topological polar surface area (TPSA) is 174 Å². The van der Waals surface area contributed by atoms with Crippen LogP contribution in [0, 0.1) is 0 Å². The molecule has 0 bridgehead atoms. The molecule has 4 N–H and O–H groups in total. The fourth-order valence-electron chi connectivity index (χ4n) is 4.18. The molecule has 13 heteroatoms. The Kier molecular flexibility index (Phi) is 13.1. The van der Waals surface area contributed by atoms with Crippen molar-refractivity contribution in [3.8, 4) is 0 Å². The molecule has 2 amide bonds. The van der Waals surface area contributed by atoms with E-state index in [9.17, 15) is 27.6 Å². The maximum Gasteiger partial charge on any atom is 0.407 e. The van der Waals surface area contributed by atoms with Crippen LogP contribution in [0.25, 0.3) is 0 Å². The smallest absolute Gasteiger partial charge is 0.407 e. The second-order valence-corrected chi connectivity index (χ2v) is 11.0. The zero-order chi connectivity index (χ0) is 28.8. The molecule has 3 atom stereocenters. The molecule has 1 aliphatic rings. The van der Waals surface area contributed by atoms with Crippen molar-refractivity contribution in [2.75, 3.05) is 26.8 Å². The average Bonchev–Trinajstić information content (AvgIpc) is 3.45. The minimum Gasteiger partial charge on any atom is -0.467 e. The van der Waals surface area contributed by atoms with E-state index in [1.807, 2.05) is 0 Å². The molecule has 0 unspecified atom stereocenters. The third-order valence-corrected chi connectivity index (χ3v) is 8.22. The van der Waals surface area contributed by atoms with E-state index in [4.69, 9.17) is 15.2 Å². The molecule has 0 aliphatic carbocycles. The van der Waals surface area contributed by atoms with E-state index in [-0.39, 0.29) is 36.7 Å². The number of hydrogen-bond donors (Lipinski definition) is 3. The quantitative estimate of drug-likeness (QED) is 0.151. The zero-order valence-corrected chi connectivity index (χ0v) is 23.0. The van der Waals surface area contributed by atoms with Crippen molar-refractivity contribution < 1.29 is 37.1 Å². The number of methoxy groups -OCH3 is 1. The summed E-state index contributed by atoms with van der Waals surface area (Å²) in [6.07, 6.45) is 3.14. The number of Topliss-reactive ketones (excluding diaryl/α,β-unsaturated/α-hetero) is 1. The van der Waals surface area contributed by atoms with Gasteiger partial charge in [-0.25, -0.2) is 18.0 Å². The zero-order valence-electron chi connectivity index (χ0n) is 22.2. The Labute approximate surface area is 229 Å². The number of ether oxygens (including phenoxy) is 2. The summed E-state index contributed by atoms with van der Waals surface area (Å²) < 4.78 is 36.9. The first kappa shape index (κ1) is 31.9. The Morgan fingerprint density at radius 3 is 2.56 bits per heavy atom. The van der Waals surface area contributed by atoms with Crippen LogP contribution in [0.5, 0.6) is 0 Å². The third-order valence-electron chi connectivity index (χ3n) is 6.29. The van der Waals surface area contributed by atoms with Gasteiger partial charge in [-0.15, -0.1) is 0 Å². The summed E-state index contributed by atoms with van der Waals surface area (Å²) in [5, 5.41) is 5.15. The van der Waals surface area contributed by atoms with Crippen molar-refractivity contribution in [3.05, 3.63) is 43.0 Å². The van der Waals surface area contributed by atoms with Crippen LogP contribution < -0.4 is 16.4 Å². The largest absolute Gasteiger partial charge is 0.467 e. The van der Waals surface area contributed by atoms with Crippen LogP contribution >= 0.6 is 0 Å². The molecule has 1 heterocycles. The number of nitrogens with one attached hydrogen (secondary N) is 2. The lowest BCUT2D eigenvalue weighted by Crippen LogP contribution is -2.51. The van der Waals surface area contributed by atoms with Gasteiger partial charge in [-0.2, -0.15) is 4.31 Å². The van der Waals surface area contributed by atoms with E-state index < -0.39 is 46.1 Å². The summed E-state index contributed by atoms with van der Waals surface area (Å²) in [5.74, 6) is -1.65. The van der Waals surface area contributed by atoms with Crippen molar-refractivity contribution in [1.29, 1.82) is 0 Å². The standard InChI is InChI=1S/C26H38N4O8S/c1-3-18-38-26(34)28-16-8-7-12-20(27)23(31)15-14-21(25(33)37-2)29-24(32)22-13-9-17-30(22)39(35,36)19-10-5-4-6-11-19/h3-6,10-11,20-22H,1,7-9,12-18,27H2,2H3,(H,28,34)(H,29,32)/t20-,21-,22-/m0/s1. The fraction of sp³-hybridized carbons (Fsp3) is 0.538. The number of unbranched alkanes of at least 4 members (excludes halogenated alkanes) is 1. The number of amides is 2. The van der Waals surface area contributed by atoms with E-state index in [1.54, 1.807) is 18.2 Å². The molecular formula is C26H38N4O8S. The minimum absolute atomic E-state index is 0.0419. The predicted octanol–water partition coefficient (Wildman–Crippen LogP) is 1.26. The second kappa shape index (κ2) is 16.0. The summed E-state index contributed by atoms with van der Waals surface area (Å²) in [4.78, 5) is 49.4. The highest BCUT2D eigenvalue weighted by atomic mass is 32.2. The number of ketones is 1. The fourth-order valence-corrected chi connectivity index (χ4v) is 5.85. The van der Waals surface area contributed by atoms with Crippen LogP contribution in [-0.2, 0) is 33.9 Å². The van der Waals surface area contributed by atoms with Crippen molar-refractivity contribution in [2.45, 2.75) is 68.0 Å². The highest BCUT2D eigenvalue weighted by Crippen LogP contribution is 2.26. The van der Waals surface area contributed by atoms with Gasteiger partial charge in [0.05, 0.1) is 18.0 Å². The lowest BCUT2D eigenvalue weighted by Gasteiger charge is -2.25. The molecule has 216 valence electrons. The minimum atomic E-state index is -3.90. The number of esters is 1. The summed E-state index contributed by atoms with van der Waals surface area (Å²) in [5.41, 5.74) is 5.99. The van der Waals surface area contributed by atoms with Gasteiger partial charge in [0.25, 0.3) is 0 Å². The van der Waals surface area contributed by atoms with E-state index >= 15 is 0 Å². The van der Waals surface area contributed by atoms with E-state index in [1.165, 1.54) is 18.2 Å². The molecule has 2 rings (SSSR count). The van der Waals surface area contributed by atoms with Crippen molar-refractivity contribution in [1.82, 2.24) is 14.9 Å². The molecule has 12 nitrogen and oxygen atoms in total. The lowest BCUT2D eigenvalue weighted by atomic mass is 10.00. The van der Waals surface area contributed by atoms with Crippen molar-refractivity contribution in [3.63, 3.8) is 0 Å². The number of nitrogens with two attached hydrogens (primary N) is 1. The Morgan fingerprint density at radius 1 is 1.18 bits per heavy atom. The van der Waals surface area contributed by atoms with Gasteiger partial charge in [-0.3, -0.25) is 9.59 Å². The van der Waals surface area contributed by atoms with Crippen LogP contribution in [0.1, 0.15) is 44.9 Å². The summed E-state index contributed by atoms with van der Waals surface area (Å²) in [6.45, 7) is 4.11. The van der Waals surface area contributed by atoms with E-state index in [0.717, 1.165) is 11.4 Å². The van der Waals surface area contributed by atoms with E-state index in [0.29, 0.717) is 38.6 Å². The Bertz CT molecular complexity index is 1100. The average molecular weight is 567 g/mol. The molecule has 1 aliphatic heterocycles. The van der Waals surface area contributed by atoms with Crippen molar-refractivity contribution >= 4 is 33.8 Å². The molecule has 0 radical (unpaired) electrons. The van der Waals surface area contributed by atoms with Gasteiger partial charge in [0, 0.05) is 19.5 Å². The lowest BCUT2D eigenvalue weighted by molar-refractivity contribution is -0.145. The highest BCUT2D eigenvalue weighted by Gasteiger charge is 2.40. The molecule has 0 saturated carbocycles. The van der Waals surface area contributed by atoms with Gasteiger partial charge in [0.1, 0.15) is 24.5 Å². The van der Waals surface area contributed by atoms with E-state index in [2.05, 4.69) is 17.2 Å². The normalized spacial score (nSPS) is 17.0. The molecule has 0 spiro atoms. The van der Waals surface area contributed by atoms with Gasteiger partial charge in [0.15, 0.2) is 0 Å². The third kappa shape index (κ3) is 9.75. The number of rotatable bonds is 16. The molecule has 1 aromatic carbocycles. The second-order valence-electron chi connectivity index (χ2n) is 9.09. The first-order valence-electron chi connectivity index (χ1n) is 12.9. The summed E-state index contributed by atoms with van der Waals surface area (Å²) >= 11 is 0. The van der Waals surface area contributed by atoms with Gasteiger partial charge in [-0.05, 0) is 50.7 Å². The first-order chi connectivity index (χ1) is 18.6. The van der Waals surface area contributed by atoms with Crippen LogP contribution in [-0.4, -0.2) is 81.4 Å². The molecular weight excluding hydrogens is 528 g/mol. The SMILES string of the molecule is C=CCOC(=O)NCCCC[C@H](N)C(=O)CC[C@H](NC(=O)[C@@H]1CCCN1S(=O)(=O)c1ccccc1)C(=O)OC. The number of nitrogens with zero attached hydrogens (tertiary/aromatic N) is 1. The molecule has 1 aromatic rings. The van der Waals surface area contributed by atoms with Crippen LogP contribution in [0.4, 0.5) is 4.79 Å². The van der Waals surface area contributed by atoms with Gasteiger partial charge >= 0.3 is 12.1 Å². The highest BCUT2D eigenvalue weighted by molar-refractivity contribution is 7.89. The van der Waals surface area contributed by atoms with Crippen molar-refractivity contribution in [2.24, 2.45) is 5.73 Å². The monoisotopic (exact) mass is 566 g/mol. The number of carbonyl (C=O) groups is 4. The predicted molar refractivity (Wildman–Crippen MR) is 143 cm³/mol. The Balaban J connectivity index is 1.87. The number of sulfonamides is 1. The molecule has 1 saturated heterocycles. The number of hydrogen-bond acceptors (Lipinski definition) is 9. The maximum absolute atomic E-state index is 13.1. The number of benzene rings is 1. The summed E-state index contributed by atoms with van der Waals surface area (Å²) in [6, 6.07) is 4.94. The number of carbonyl (C=O) groups excluding carboxylic acids is 4. The van der Waals surface area contributed by atoms with Crippen LogP contribution in [0.15, 0.2) is 47.9 Å². The molecule has 39 heavy (non-hydrogen) atoms. The Hall–Kier alpha value is -3.29. The maximum atomic E-state index is 13.1. The van der Waals surface area contributed by atoms with Gasteiger partial charge in [0.2, 0.25) is 15.9 Å². The Morgan fingerprint density at radius 2 is 1.90 bits per heavy atom. The first-order valence-corrected chi connectivity index (χ1v) is 14.3. The molecule has 1 fully saturated rings. The van der Waals surface area contributed by atoms with Crippen LogP contribution in [0.2, 0.25) is 0 Å². The van der Waals surface area contributed by atoms with Gasteiger partial charge < -0.3 is 25.8 Å². The summed E-state index contributed by atoms with van der Waals surface area (Å²) in [7, 11) is -2.74. The number of alkyl carbamates (subject to hydrolysis) is 1. The van der Waals surface area contributed by atoms with Gasteiger partial charge in [-0.1, -0.05) is 30.9 Å².